The maximum Gasteiger partial charge on any atom is 0.410 e. The smallest absolute Gasteiger partial charge is 0.410 e. The van der Waals surface area contributed by atoms with Crippen molar-refractivity contribution < 1.29 is 9.53 Å². The van der Waals surface area contributed by atoms with Crippen LogP contribution in [0.1, 0.15) is 47.0 Å². The number of hydrogen-bond donors (Lipinski definition) is 1. The van der Waals surface area contributed by atoms with E-state index in [9.17, 15) is 4.79 Å². The molecule has 0 bridgehead atoms. The van der Waals surface area contributed by atoms with Crippen LogP contribution in [0, 0.1) is 5.92 Å². The molecule has 2 atom stereocenters. The topological polar surface area (TPSA) is 41.6 Å². The minimum absolute atomic E-state index is 0.179. The van der Waals surface area contributed by atoms with Gasteiger partial charge in [0, 0.05) is 19.1 Å². The van der Waals surface area contributed by atoms with Crippen molar-refractivity contribution in [2.75, 3.05) is 19.6 Å². The molecule has 116 valence electrons. The minimum atomic E-state index is -0.416. The molecule has 0 spiro atoms. The molecule has 0 aromatic heterocycles. The highest BCUT2D eigenvalue weighted by Crippen LogP contribution is 2.19. The summed E-state index contributed by atoms with van der Waals surface area (Å²) in [6, 6.07) is 0.449. The number of piperidine rings is 1. The normalized spacial score (nSPS) is 21.4. The van der Waals surface area contributed by atoms with E-state index in [2.05, 4.69) is 18.8 Å². The lowest BCUT2D eigenvalue weighted by Crippen LogP contribution is -2.45. The van der Waals surface area contributed by atoms with Crippen molar-refractivity contribution in [2.45, 2.75) is 58.6 Å². The Morgan fingerprint density at radius 1 is 1.55 bits per heavy atom. The Kier molecular flexibility index (Phi) is 6.53. The Morgan fingerprint density at radius 2 is 2.25 bits per heavy atom. The molecule has 2 unspecified atom stereocenters. The number of carbonyl (C=O) groups is 1. The van der Waals surface area contributed by atoms with Gasteiger partial charge in [-0.1, -0.05) is 6.08 Å². The van der Waals surface area contributed by atoms with Gasteiger partial charge in [0.05, 0.1) is 0 Å². The van der Waals surface area contributed by atoms with Crippen molar-refractivity contribution in [3.05, 3.63) is 12.7 Å². The van der Waals surface area contributed by atoms with E-state index in [1.165, 1.54) is 6.42 Å². The van der Waals surface area contributed by atoms with Crippen molar-refractivity contribution in [1.29, 1.82) is 0 Å². The number of amides is 1. The van der Waals surface area contributed by atoms with Crippen LogP contribution in [0.15, 0.2) is 12.7 Å². The van der Waals surface area contributed by atoms with Crippen LogP contribution >= 0.6 is 0 Å². The van der Waals surface area contributed by atoms with Gasteiger partial charge in [-0.15, -0.1) is 6.58 Å². The van der Waals surface area contributed by atoms with Crippen molar-refractivity contribution in [1.82, 2.24) is 10.2 Å². The Hall–Kier alpha value is -1.03. The van der Waals surface area contributed by atoms with Crippen molar-refractivity contribution >= 4 is 6.09 Å². The van der Waals surface area contributed by atoms with Crippen LogP contribution in [0.5, 0.6) is 0 Å². The third-order valence-corrected chi connectivity index (χ3v) is 3.45. The lowest BCUT2D eigenvalue weighted by molar-refractivity contribution is 0.0165. The highest BCUT2D eigenvalue weighted by molar-refractivity contribution is 5.68. The largest absolute Gasteiger partial charge is 0.444 e. The van der Waals surface area contributed by atoms with Crippen LogP contribution in [0.3, 0.4) is 0 Å². The molecule has 20 heavy (non-hydrogen) atoms. The van der Waals surface area contributed by atoms with Gasteiger partial charge < -0.3 is 15.0 Å². The summed E-state index contributed by atoms with van der Waals surface area (Å²) in [5.41, 5.74) is -0.416. The lowest BCUT2D eigenvalue weighted by Gasteiger charge is -2.34. The summed E-state index contributed by atoms with van der Waals surface area (Å²) in [5, 5.41) is 3.51. The quantitative estimate of drug-likeness (QED) is 0.787. The predicted octanol–water partition coefficient (Wildman–Crippen LogP) is 3.19. The first kappa shape index (κ1) is 17.0. The maximum atomic E-state index is 12.1. The Morgan fingerprint density at radius 3 is 2.85 bits per heavy atom. The van der Waals surface area contributed by atoms with Crippen LogP contribution in [-0.2, 0) is 4.74 Å². The zero-order valence-corrected chi connectivity index (χ0v) is 13.4. The molecule has 1 saturated heterocycles. The molecule has 0 saturated carbocycles. The molecule has 1 fully saturated rings. The molecule has 4 heteroatoms. The average molecular weight is 282 g/mol. The second-order valence-corrected chi connectivity index (χ2v) is 6.77. The Labute approximate surface area is 123 Å². The fraction of sp³-hybridized carbons (Fsp3) is 0.812. The molecular weight excluding hydrogens is 252 g/mol. The van der Waals surface area contributed by atoms with Crippen LogP contribution < -0.4 is 5.32 Å². The maximum absolute atomic E-state index is 12.1. The fourth-order valence-corrected chi connectivity index (χ4v) is 2.43. The molecule has 1 aliphatic heterocycles. The number of likely N-dealkylation sites (tertiary alicyclic amines) is 1. The first-order valence-corrected chi connectivity index (χ1v) is 7.64. The highest BCUT2D eigenvalue weighted by atomic mass is 16.6. The van der Waals surface area contributed by atoms with Gasteiger partial charge in [-0.3, -0.25) is 0 Å². The van der Waals surface area contributed by atoms with Gasteiger partial charge in [-0.25, -0.2) is 4.79 Å². The van der Waals surface area contributed by atoms with Gasteiger partial charge in [0.15, 0.2) is 0 Å². The third-order valence-electron chi connectivity index (χ3n) is 3.45. The summed E-state index contributed by atoms with van der Waals surface area (Å²) in [7, 11) is 0. The Balaban J connectivity index is 2.38. The molecular formula is C16H30N2O2. The van der Waals surface area contributed by atoms with Crippen molar-refractivity contribution in [3.8, 4) is 0 Å². The predicted molar refractivity (Wildman–Crippen MR) is 82.8 cm³/mol. The SMILES string of the molecule is C=CCC(C)NCC1CCCN(C(=O)OC(C)(C)C)C1. The highest BCUT2D eigenvalue weighted by Gasteiger charge is 2.27. The summed E-state index contributed by atoms with van der Waals surface area (Å²) in [6.07, 6.45) is 4.96. The second-order valence-electron chi connectivity index (χ2n) is 6.77. The fourth-order valence-electron chi connectivity index (χ4n) is 2.43. The number of nitrogens with one attached hydrogen (secondary N) is 1. The minimum Gasteiger partial charge on any atom is -0.444 e. The van der Waals surface area contributed by atoms with Gasteiger partial charge in [-0.2, -0.15) is 0 Å². The molecule has 4 nitrogen and oxygen atoms in total. The zero-order valence-electron chi connectivity index (χ0n) is 13.4. The number of nitrogens with zero attached hydrogens (tertiary/aromatic N) is 1. The molecule has 1 aliphatic rings. The molecule has 1 rings (SSSR count). The number of carbonyl (C=O) groups excluding carboxylic acids is 1. The molecule has 1 heterocycles. The van der Waals surface area contributed by atoms with Crippen LogP contribution in [-0.4, -0.2) is 42.3 Å². The van der Waals surface area contributed by atoms with E-state index in [0.717, 1.165) is 32.5 Å². The lowest BCUT2D eigenvalue weighted by atomic mass is 9.98. The summed E-state index contributed by atoms with van der Waals surface area (Å²) < 4.78 is 5.44. The molecule has 0 aliphatic carbocycles. The first-order valence-electron chi connectivity index (χ1n) is 7.64. The van der Waals surface area contributed by atoms with E-state index in [0.29, 0.717) is 12.0 Å². The van der Waals surface area contributed by atoms with Crippen molar-refractivity contribution in [2.24, 2.45) is 5.92 Å². The van der Waals surface area contributed by atoms with Gasteiger partial charge in [0.2, 0.25) is 0 Å². The van der Waals surface area contributed by atoms with E-state index in [4.69, 9.17) is 4.74 Å². The summed E-state index contributed by atoms with van der Waals surface area (Å²) in [5.74, 6) is 0.517. The number of hydrogen-bond acceptors (Lipinski definition) is 3. The molecule has 0 aromatic carbocycles. The summed E-state index contributed by atoms with van der Waals surface area (Å²) in [6.45, 7) is 14.2. The van der Waals surface area contributed by atoms with E-state index < -0.39 is 5.60 Å². The number of rotatable bonds is 5. The van der Waals surface area contributed by atoms with Crippen molar-refractivity contribution in [3.63, 3.8) is 0 Å². The standard InChI is InChI=1S/C16H30N2O2/c1-6-8-13(2)17-11-14-9-7-10-18(12-14)15(19)20-16(3,4)5/h6,13-14,17H,1,7-12H2,2-5H3. The zero-order chi connectivity index (χ0) is 15.2. The van der Waals surface area contributed by atoms with Gasteiger partial charge in [0.25, 0.3) is 0 Å². The summed E-state index contributed by atoms with van der Waals surface area (Å²) >= 11 is 0. The van der Waals surface area contributed by atoms with Gasteiger partial charge >= 0.3 is 6.09 Å². The molecule has 1 amide bonds. The van der Waals surface area contributed by atoms with E-state index >= 15 is 0 Å². The van der Waals surface area contributed by atoms with E-state index in [1.807, 2.05) is 31.7 Å². The molecule has 0 aromatic rings. The van der Waals surface area contributed by atoms with E-state index in [-0.39, 0.29) is 6.09 Å². The van der Waals surface area contributed by atoms with Crippen LogP contribution in [0.25, 0.3) is 0 Å². The number of ether oxygens (including phenoxy) is 1. The van der Waals surface area contributed by atoms with Crippen LogP contribution in [0.4, 0.5) is 4.79 Å². The third kappa shape index (κ3) is 6.42. The average Bonchev–Trinajstić information content (AvgIpc) is 2.35. The monoisotopic (exact) mass is 282 g/mol. The van der Waals surface area contributed by atoms with Gasteiger partial charge in [0.1, 0.15) is 5.60 Å². The second kappa shape index (κ2) is 7.67. The van der Waals surface area contributed by atoms with Gasteiger partial charge in [-0.05, 0) is 59.4 Å². The Bertz CT molecular complexity index is 323. The first-order chi connectivity index (χ1) is 9.31. The van der Waals surface area contributed by atoms with E-state index in [1.54, 1.807) is 0 Å². The summed E-state index contributed by atoms with van der Waals surface area (Å²) in [4.78, 5) is 13.9. The molecule has 0 radical (unpaired) electrons. The molecule has 1 N–H and O–H groups in total. The van der Waals surface area contributed by atoms with Crippen LogP contribution in [0.2, 0.25) is 0 Å².